The van der Waals surface area contributed by atoms with Gasteiger partial charge in [0.05, 0.1) is 16.5 Å². The molecule has 1 atom stereocenters. The highest BCUT2D eigenvalue weighted by Crippen LogP contribution is 2.33. The zero-order chi connectivity index (χ0) is 21.0. The molecule has 1 N–H and O–H groups in total. The van der Waals surface area contributed by atoms with Crippen molar-refractivity contribution in [1.82, 2.24) is 4.90 Å². The van der Waals surface area contributed by atoms with Crippen LogP contribution in [-0.2, 0) is 19.1 Å². The van der Waals surface area contributed by atoms with Gasteiger partial charge in [0.1, 0.15) is 5.82 Å². The van der Waals surface area contributed by atoms with E-state index in [-0.39, 0.29) is 29.5 Å². The van der Waals surface area contributed by atoms with Gasteiger partial charge in [0.25, 0.3) is 5.91 Å². The van der Waals surface area contributed by atoms with Crippen molar-refractivity contribution in [2.24, 2.45) is 0 Å². The number of imide groups is 1. The predicted octanol–water partition coefficient (Wildman–Crippen LogP) is 2.47. The molecule has 0 bridgehead atoms. The molecule has 0 saturated carbocycles. The standard InChI is InChI=1S/C20H17FN2O5S/c1-23-18(25)10-16(19(23)26)29-15-9-5-2-6-12(15)20(27)28-11-17(24)22-14-8-4-3-7-13(14)21/h2-9,16H,10-11H2,1H3,(H,22,24). The lowest BCUT2D eigenvalue weighted by Crippen LogP contribution is -2.26. The fourth-order valence-electron chi connectivity index (χ4n) is 2.66. The lowest BCUT2D eigenvalue weighted by atomic mass is 10.2. The van der Waals surface area contributed by atoms with Gasteiger partial charge in [0, 0.05) is 18.4 Å². The second-order valence-corrected chi connectivity index (χ2v) is 7.45. The molecule has 2 aromatic carbocycles. The third-order valence-electron chi connectivity index (χ3n) is 4.20. The molecule has 0 spiro atoms. The number of halogens is 1. The van der Waals surface area contributed by atoms with Crippen LogP contribution in [0.2, 0.25) is 0 Å². The van der Waals surface area contributed by atoms with Gasteiger partial charge in [-0.3, -0.25) is 19.3 Å². The van der Waals surface area contributed by atoms with E-state index >= 15 is 0 Å². The van der Waals surface area contributed by atoms with Crippen molar-refractivity contribution < 1.29 is 28.3 Å². The number of benzene rings is 2. The number of carbonyl (C=O) groups is 4. The fraction of sp³-hybridized carbons (Fsp3) is 0.200. The molecule has 1 aliphatic rings. The van der Waals surface area contributed by atoms with Crippen LogP contribution in [0.15, 0.2) is 53.4 Å². The van der Waals surface area contributed by atoms with Crippen molar-refractivity contribution in [1.29, 1.82) is 0 Å². The average molecular weight is 416 g/mol. The zero-order valence-electron chi connectivity index (χ0n) is 15.4. The summed E-state index contributed by atoms with van der Waals surface area (Å²) >= 11 is 1.10. The van der Waals surface area contributed by atoms with Gasteiger partial charge in [-0.1, -0.05) is 24.3 Å². The number of rotatable bonds is 6. The quantitative estimate of drug-likeness (QED) is 0.575. The SMILES string of the molecule is CN1C(=O)CC(Sc2ccccc2C(=O)OCC(=O)Nc2ccccc2F)C1=O. The van der Waals surface area contributed by atoms with Crippen LogP contribution in [0.3, 0.4) is 0 Å². The van der Waals surface area contributed by atoms with Crippen LogP contribution in [0.4, 0.5) is 10.1 Å². The zero-order valence-corrected chi connectivity index (χ0v) is 16.2. The molecule has 1 fully saturated rings. The molecular formula is C20H17FN2O5S. The number of amides is 3. The second kappa shape index (κ2) is 8.87. The van der Waals surface area contributed by atoms with Gasteiger partial charge in [0.2, 0.25) is 11.8 Å². The number of para-hydroxylation sites is 1. The summed E-state index contributed by atoms with van der Waals surface area (Å²) in [6, 6.07) is 12.1. The van der Waals surface area contributed by atoms with Gasteiger partial charge in [-0.25, -0.2) is 9.18 Å². The minimum atomic E-state index is -0.762. The molecule has 0 aliphatic carbocycles. The van der Waals surface area contributed by atoms with Gasteiger partial charge >= 0.3 is 5.97 Å². The van der Waals surface area contributed by atoms with Gasteiger partial charge in [0.15, 0.2) is 6.61 Å². The molecule has 0 aromatic heterocycles. The smallest absolute Gasteiger partial charge is 0.339 e. The molecule has 29 heavy (non-hydrogen) atoms. The summed E-state index contributed by atoms with van der Waals surface area (Å²) in [6.45, 7) is -0.601. The van der Waals surface area contributed by atoms with Crippen LogP contribution >= 0.6 is 11.8 Å². The van der Waals surface area contributed by atoms with E-state index in [0.29, 0.717) is 4.90 Å². The van der Waals surface area contributed by atoms with Crippen molar-refractivity contribution >= 4 is 41.1 Å². The van der Waals surface area contributed by atoms with Crippen molar-refractivity contribution in [2.45, 2.75) is 16.6 Å². The van der Waals surface area contributed by atoms with Gasteiger partial charge < -0.3 is 10.1 Å². The Morgan fingerprint density at radius 1 is 1.17 bits per heavy atom. The maximum Gasteiger partial charge on any atom is 0.339 e. The van der Waals surface area contributed by atoms with Gasteiger partial charge in [-0.15, -0.1) is 11.8 Å². The first-order valence-corrected chi connectivity index (χ1v) is 9.52. The Kier molecular flexibility index (Phi) is 6.28. The molecule has 1 unspecified atom stereocenters. The number of nitrogens with one attached hydrogen (secondary N) is 1. The molecule has 1 heterocycles. The molecule has 7 nitrogen and oxygen atoms in total. The van der Waals surface area contributed by atoms with Crippen molar-refractivity contribution in [3.8, 4) is 0 Å². The molecule has 150 valence electrons. The molecular weight excluding hydrogens is 399 g/mol. The van der Waals surface area contributed by atoms with E-state index in [2.05, 4.69) is 5.32 Å². The summed E-state index contributed by atoms with van der Waals surface area (Å²) in [7, 11) is 1.42. The van der Waals surface area contributed by atoms with Gasteiger partial charge in [-0.2, -0.15) is 0 Å². The normalized spacial score (nSPS) is 16.1. The molecule has 1 saturated heterocycles. The van der Waals surface area contributed by atoms with E-state index in [4.69, 9.17) is 4.74 Å². The Balaban J connectivity index is 1.63. The minimum Gasteiger partial charge on any atom is -0.452 e. The highest BCUT2D eigenvalue weighted by Gasteiger charge is 2.37. The molecule has 0 radical (unpaired) electrons. The first kappa shape index (κ1) is 20.5. The van der Waals surface area contributed by atoms with Crippen molar-refractivity contribution in [3.05, 3.63) is 59.9 Å². The summed E-state index contributed by atoms with van der Waals surface area (Å²) in [5, 5.41) is 1.70. The number of nitrogens with zero attached hydrogens (tertiary/aromatic N) is 1. The fourth-order valence-corrected chi connectivity index (χ4v) is 3.89. The Labute approximate surface area is 170 Å². The molecule has 2 aromatic rings. The topological polar surface area (TPSA) is 92.8 Å². The Morgan fingerprint density at radius 2 is 1.86 bits per heavy atom. The third kappa shape index (κ3) is 4.80. The minimum absolute atomic E-state index is 0.0157. The summed E-state index contributed by atoms with van der Waals surface area (Å²) in [5.41, 5.74) is 0.157. The highest BCUT2D eigenvalue weighted by atomic mass is 32.2. The maximum absolute atomic E-state index is 13.6. The number of hydrogen-bond donors (Lipinski definition) is 1. The van der Waals surface area contributed by atoms with Crippen molar-refractivity contribution in [3.63, 3.8) is 0 Å². The lowest BCUT2D eigenvalue weighted by molar-refractivity contribution is -0.136. The Morgan fingerprint density at radius 3 is 2.55 bits per heavy atom. The average Bonchev–Trinajstić information content (AvgIpc) is 2.95. The summed E-state index contributed by atoms with van der Waals surface area (Å²) < 4.78 is 18.6. The Bertz CT molecular complexity index is 981. The van der Waals surface area contributed by atoms with E-state index in [1.807, 2.05) is 0 Å². The first-order valence-electron chi connectivity index (χ1n) is 8.64. The third-order valence-corrected chi connectivity index (χ3v) is 5.46. The van der Waals surface area contributed by atoms with E-state index in [1.165, 1.54) is 31.3 Å². The summed E-state index contributed by atoms with van der Waals surface area (Å²) in [4.78, 5) is 49.7. The maximum atomic E-state index is 13.6. The first-order chi connectivity index (χ1) is 13.9. The van der Waals surface area contributed by atoms with Crippen LogP contribution in [0.25, 0.3) is 0 Å². The van der Waals surface area contributed by atoms with Crippen LogP contribution in [0.5, 0.6) is 0 Å². The number of thioether (sulfide) groups is 1. The number of esters is 1. The number of hydrogen-bond acceptors (Lipinski definition) is 6. The molecule has 3 rings (SSSR count). The lowest BCUT2D eigenvalue weighted by Gasteiger charge is -2.12. The van der Waals surface area contributed by atoms with Crippen LogP contribution in [0, 0.1) is 5.82 Å². The van der Waals surface area contributed by atoms with Gasteiger partial charge in [-0.05, 0) is 24.3 Å². The number of carbonyl (C=O) groups excluding carboxylic acids is 4. The van der Waals surface area contributed by atoms with Crippen LogP contribution in [0.1, 0.15) is 16.8 Å². The number of anilines is 1. The van der Waals surface area contributed by atoms with E-state index in [0.717, 1.165) is 16.7 Å². The predicted molar refractivity (Wildman–Crippen MR) is 104 cm³/mol. The van der Waals surface area contributed by atoms with Crippen LogP contribution in [-0.4, -0.2) is 47.5 Å². The van der Waals surface area contributed by atoms with E-state index in [1.54, 1.807) is 24.3 Å². The van der Waals surface area contributed by atoms with Crippen molar-refractivity contribution in [2.75, 3.05) is 19.0 Å². The van der Waals surface area contributed by atoms with E-state index in [9.17, 15) is 23.6 Å². The number of likely N-dealkylation sites (tertiary alicyclic amines) is 1. The summed E-state index contributed by atoms with van der Waals surface area (Å²) in [6.07, 6.45) is 0.0500. The largest absolute Gasteiger partial charge is 0.452 e. The monoisotopic (exact) mass is 416 g/mol. The highest BCUT2D eigenvalue weighted by molar-refractivity contribution is 8.00. The molecule has 1 aliphatic heterocycles. The Hall–Kier alpha value is -3.20. The van der Waals surface area contributed by atoms with E-state index < -0.39 is 29.6 Å². The summed E-state index contributed by atoms with van der Waals surface area (Å²) in [5.74, 6) is -2.66. The molecule has 3 amide bonds. The van der Waals surface area contributed by atoms with Crippen LogP contribution < -0.4 is 5.32 Å². The number of ether oxygens (including phenoxy) is 1. The molecule has 9 heteroatoms. The second-order valence-electron chi connectivity index (χ2n) is 6.20.